The summed E-state index contributed by atoms with van der Waals surface area (Å²) in [5, 5.41) is 5.98. The predicted molar refractivity (Wildman–Crippen MR) is 321 cm³/mol. The number of anilines is 4. The van der Waals surface area contributed by atoms with Crippen LogP contribution in [0.15, 0.2) is 97.1 Å². The van der Waals surface area contributed by atoms with Gasteiger partial charge in [0, 0.05) is 141 Å². The van der Waals surface area contributed by atoms with Crippen LogP contribution in [0.5, 0.6) is 0 Å². The molecule has 4 heterocycles. The molecule has 20 heteroatoms. The summed E-state index contributed by atoms with van der Waals surface area (Å²) in [6.07, 6.45) is -1.19. The average molecular weight is 1120 g/mol. The summed E-state index contributed by atoms with van der Waals surface area (Å²) in [7, 11) is 1.34. The van der Waals surface area contributed by atoms with Gasteiger partial charge in [0.2, 0.25) is 0 Å². The highest BCUT2D eigenvalue weighted by Crippen LogP contribution is 2.25. The predicted octanol–water partition coefficient (Wildman–Crippen LogP) is 9.74. The first-order chi connectivity index (χ1) is 38.5. The van der Waals surface area contributed by atoms with Crippen molar-refractivity contribution in [3.63, 3.8) is 0 Å². The number of hydrogen-bond acceptors (Lipinski definition) is 14. The third-order valence-electron chi connectivity index (χ3n) is 13.0. The van der Waals surface area contributed by atoms with E-state index in [4.69, 9.17) is 33.1 Å². The number of benzene rings is 4. The molecule has 4 N–H and O–H groups in total. The van der Waals surface area contributed by atoms with Crippen molar-refractivity contribution in [1.29, 1.82) is 0 Å². The summed E-state index contributed by atoms with van der Waals surface area (Å²) >= 11 is 0. The number of methoxy groups -OCH3 is 1. The Balaban J connectivity index is 0.000000201. The van der Waals surface area contributed by atoms with Crippen molar-refractivity contribution < 1.29 is 38.1 Å². The number of carbonyl (C=O) groups is 4. The minimum atomic E-state index is -0.477. The van der Waals surface area contributed by atoms with Gasteiger partial charge in [-0.1, -0.05) is 48.5 Å². The van der Waals surface area contributed by atoms with Crippen molar-refractivity contribution in [2.45, 2.75) is 92.2 Å². The highest BCUT2D eigenvalue weighted by atomic mass is 16.6. The number of ether oxygens (including phenoxy) is 4. The molecular weight excluding hydrogens is 1030 g/mol. The fraction of sp³-hybridized carbons (Fsp3) is 0.508. The number of piperazine rings is 4. The fourth-order valence-electron chi connectivity index (χ4n) is 8.85. The highest BCUT2D eigenvalue weighted by Gasteiger charge is 2.29. The van der Waals surface area contributed by atoms with E-state index in [-0.39, 0.29) is 18.3 Å². The van der Waals surface area contributed by atoms with Crippen molar-refractivity contribution in [3.05, 3.63) is 131 Å². The van der Waals surface area contributed by atoms with Crippen LogP contribution in [0.2, 0.25) is 0 Å². The molecule has 0 aromatic heterocycles. The quantitative estimate of drug-likeness (QED) is 0.117. The fourth-order valence-corrected chi connectivity index (χ4v) is 8.85. The van der Waals surface area contributed by atoms with Crippen molar-refractivity contribution in [3.8, 4) is 0 Å². The lowest BCUT2D eigenvalue weighted by Gasteiger charge is -2.36. The highest BCUT2D eigenvalue weighted by molar-refractivity contribution is 5.70. The van der Waals surface area contributed by atoms with E-state index in [0.717, 1.165) is 93.6 Å². The molecule has 4 aliphatic heterocycles. The van der Waals surface area contributed by atoms with Gasteiger partial charge in [0.25, 0.3) is 0 Å². The zero-order valence-electron chi connectivity index (χ0n) is 49.3. The van der Waals surface area contributed by atoms with Gasteiger partial charge in [-0.15, -0.1) is 0 Å². The number of amides is 4. The minimum Gasteiger partial charge on any atom is -0.453 e. The van der Waals surface area contributed by atoms with Crippen molar-refractivity contribution in [2.75, 3.05) is 131 Å². The Bertz CT molecular complexity index is 2730. The zero-order valence-corrected chi connectivity index (χ0v) is 49.3. The van der Waals surface area contributed by atoms with E-state index >= 15 is 0 Å². The van der Waals surface area contributed by atoms with E-state index in [9.17, 15) is 19.2 Å². The van der Waals surface area contributed by atoms with E-state index in [2.05, 4.69) is 62.9 Å². The standard InChI is InChI=1S/C18H27N3O4.C16H21N3O2.C16H25N3O2.C11H13N3/c1-18(2,3)25-17(23)21-10-8-20(9-11-21)15-7-5-6-14(12-15)13-19-16(22)24-4;1-16(2,3)21-15(20)19-10-8-18(9-11-19)14-7-5-6-13(12-14)17-4;1-16(2,3)21-15(20)19-9-7-18(8-10-19)14-6-4-5-13(11-14)12-17;1-12-10-3-2-4-11(9-10)14-7-5-13-6-8-14/h5-7,12H,8-11,13H2,1-4H3,(H,19,22);5-7,12H,8-11H2,1-3H3;4-6,11H,7-10,12,17H2,1-3H3;2-4,9,13H,5-8H2. The minimum absolute atomic E-state index is 0.224. The van der Waals surface area contributed by atoms with Crippen LogP contribution in [0, 0.1) is 13.1 Å². The maximum atomic E-state index is 12.1. The Labute approximate surface area is 480 Å². The van der Waals surface area contributed by atoms with Crippen molar-refractivity contribution in [1.82, 2.24) is 25.3 Å². The van der Waals surface area contributed by atoms with Crippen LogP contribution >= 0.6 is 0 Å². The topological polar surface area (TPSA) is 187 Å². The van der Waals surface area contributed by atoms with Crippen LogP contribution in [0.1, 0.15) is 73.4 Å². The maximum Gasteiger partial charge on any atom is 0.410 e. The number of alkyl carbamates (subject to hydrolysis) is 1. The van der Waals surface area contributed by atoms with Gasteiger partial charge in [-0.2, -0.15) is 0 Å². The van der Waals surface area contributed by atoms with Crippen molar-refractivity contribution in [2.24, 2.45) is 5.73 Å². The van der Waals surface area contributed by atoms with E-state index in [0.29, 0.717) is 58.0 Å². The first-order valence-corrected chi connectivity index (χ1v) is 27.8. The van der Waals surface area contributed by atoms with Crippen LogP contribution in [-0.2, 0) is 32.0 Å². The van der Waals surface area contributed by atoms with Gasteiger partial charge in [0.15, 0.2) is 11.4 Å². The van der Waals surface area contributed by atoms with Gasteiger partial charge in [0.1, 0.15) is 16.8 Å². The van der Waals surface area contributed by atoms with E-state index in [1.807, 2.05) is 135 Å². The molecule has 438 valence electrons. The molecule has 4 saturated heterocycles. The number of hydrogen-bond donors (Lipinski definition) is 3. The van der Waals surface area contributed by atoms with Crippen LogP contribution in [0.25, 0.3) is 9.69 Å². The molecular formula is C61H86N12O8. The van der Waals surface area contributed by atoms with Gasteiger partial charge >= 0.3 is 24.4 Å². The Morgan fingerprint density at radius 3 is 1.15 bits per heavy atom. The first-order valence-electron chi connectivity index (χ1n) is 27.8. The SMILES string of the molecule is CC(C)(C)OC(=O)N1CCN(c2cccc(CN)c2)CC1.COC(=O)NCc1cccc(N2CCN(C(=O)OC(C)(C)C)CC2)c1.[C-]#[N+]c1cccc(N2CCN(C(=O)OC(C)(C)C)CC2)c1.[C-]#[N+]c1cccc(N2CCNCC2)c1. The molecule has 4 amide bonds. The molecule has 4 aromatic carbocycles. The zero-order chi connectivity index (χ0) is 59.2. The summed E-state index contributed by atoms with van der Waals surface area (Å²) in [5.74, 6) is 0. The molecule has 0 bridgehead atoms. The van der Waals surface area contributed by atoms with Gasteiger partial charge in [-0.3, -0.25) is 0 Å². The molecule has 4 aliphatic rings. The van der Waals surface area contributed by atoms with Crippen LogP contribution < -0.4 is 36.0 Å². The van der Waals surface area contributed by atoms with Gasteiger partial charge in [-0.25, -0.2) is 28.9 Å². The van der Waals surface area contributed by atoms with E-state index in [1.165, 1.54) is 18.5 Å². The number of nitrogens with two attached hydrogens (primary N) is 1. The molecule has 4 fully saturated rings. The Kier molecular flexibility index (Phi) is 24.1. The Morgan fingerprint density at radius 1 is 0.494 bits per heavy atom. The molecule has 20 nitrogen and oxygen atoms in total. The number of rotatable bonds is 7. The van der Waals surface area contributed by atoms with Crippen LogP contribution in [0.3, 0.4) is 0 Å². The number of carbonyl (C=O) groups excluding carboxylic acids is 4. The second-order valence-corrected chi connectivity index (χ2v) is 22.8. The largest absolute Gasteiger partial charge is 0.453 e. The summed E-state index contributed by atoms with van der Waals surface area (Å²) in [6.45, 7) is 44.5. The maximum absolute atomic E-state index is 12.1. The molecule has 81 heavy (non-hydrogen) atoms. The lowest BCUT2D eigenvalue weighted by molar-refractivity contribution is 0.0230. The summed E-state index contributed by atoms with van der Waals surface area (Å²) in [6, 6.07) is 31.6. The van der Waals surface area contributed by atoms with E-state index in [1.54, 1.807) is 20.8 Å². The summed E-state index contributed by atoms with van der Waals surface area (Å²) < 4.78 is 20.8. The average Bonchev–Trinajstić information content (AvgIpc) is 3.46. The molecule has 0 aliphatic carbocycles. The molecule has 0 radical (unpaired) electrons. The number of nitrogens with one attached hydrogen (secondary N) is 2. The second-order valence-electron chi connectivity index (χ2n) is 22.8. The number of nitrogens with zero attached hydrogens (tertiary/aromatic N) is 9. The van der Waals surface area contributed by atoms with Gasteiger partial charge in [-0.05, 0) is 122 Å². The van der Waals surface area contributed by atoms with E-state index < -0.39 is 22.9 Å². The van der Waals surface area contributed by atoms with Gasteiger partial charge < -0.3 is 69.6 Å². The Morgan fingerprint density at radius 2 is 0.815 bits per heavy atom. The lowest BCUT2D eigenvalue weighted by atomic mass is 10.1. The third-order valence-corrected chi connectivity index (χ3v) is 13.0. The molecule has 0 unspecified atom stereocenters. The van der Waals surface area contributed by atoms with Crippen LogP contribution in [0.4, 0.5) is 53.3 Å². The summed E-state index contributed by atoms with van der Waals surface area (Å²) in [5.41, 5.74) is 12.2. The molecule has 4 aromatic rings. The lowest BCUT2D eigenvalue weighted by Crippen LogP contribution is -2.50. The molecule has 0 spiro atoms. The molecule has 0 atom stereocenters. The summed E-state index contributed by atoms with van der Waals surface area (Å²) in [4.78, 5) is 68.5. The Hall–Kier alpha value is -7.94. The second kappa shape index (κ2) is 30.6. The van der Waals surface area contributed by atoms with Gasteiger partial charge in [0.05, 0.1) is 20.3 Å². The van der Waals surface area contributed by atoms with Crippen LogP contribution in [-0.4, -0.2) is 168 Å². The molecule has 8 rings (SSSR count). The molecule has 0 saturated carbocycles. The monoisotopic (exact) mass is 1110 g/mol. The first kappa shape index (κ1) is 63.9. The third kappa shape index (κ3) is 22.3. The van der Waals surface area contributed by atoms with Crippen molar-refractivity contribution >= 4 is 58.5 Å². The normalized spacial score (nSPS) is 15.6. The smallest absolute Gasteiger partial charge is 0.410 e.